The Morgan fingerprint density at radius 1 is 1.38 bits per heavy atom. The average molecular weight is 242 g/mol. The quantitative estimate of drug-likeness (QED) is 0.862. The molecule has 0 fully saturated rings. The molecule has 1 atom stereocenters. The molecule has 0 aliphatic carbocycles. The molecule has 0 heterocycles. The van der Waals surface area contributed by atoms with E-state index in [0.29, 0.717) is 5.92 Å². The molecule has 0 aliphatic rings. The predicted octanol–water partition coefficient (Wildman–Crippen LogP) is 3.50. The van der Waals surface area contributed by atoms with Gasteiger partial charge in [-0.2, -0.15) is 0 Å². The summed E-state index contributed by atoms with van der Waals surface area (Å²) in [5.41, 5.74) is 7.26. The largest absolute Gasteiger partial charge is 0.324 e. The van der Waals surface area contributed by atoms with Crippen LogP contribution in [-0.2, 0) is 0 Å². The lowest BCUT2D eigenvalue weighted by atomic mass is 9.98. The first kappa shape index (κ1) is 10.7. The van der Waals surface area contributed by atoms with Crippen LogP contribution in [0.5, 0.6) is 0 Å². The van der Waals surface area contributed by atoms with Crippen LogP contribution in [0.2, 0.25) is 0 Å². The Morgan fingerprint density at radius 3 is 2.62 bits per heavy atom. The van der Waals surface area contributed by atoms with Gasteiger partial charge in [-0.15, -0.1) is 0 Å². The lowest BCUT2D eigenvalue weighted by Crippen LogP contribution is -2.12. The molecular weight excluding hydrogens is 226 g/mol. The smallest absolute Gasteiger partial charge is 0.0297 e. The van der Waals surface area contributed by atoms with Crippen molar-refractivity contribution in [2.75, 3.05) is 0 Å². The first-order valence-corrected chi connectivity index (χ1v) is 5.40. The summed E-state index contributed by atoms with van der Waals surface area (Å²) in [6.45, 7) is 4.38. The monoisotopic (exact) mass is 241 g/mol. The number of rotatable bonds is 3. The van der Waals surface area contributed by atoms with E-state index in [9.17, 15) is 0 Å². The topological polar surface area (TPSA) is 26.0 Å². The molecule has 72 valence electrons. The molecule has 0 aromatic heterocycles. The summed E-state index contributed by atoms with van der Waals surface area (Å²) in [5, 5.41) is 0. The number of hydrogen-bond donors (Lipinski definition) is 1. The lowest BCUT2D eigenvalue weighted by molar-refractivity contribution is 0.510. The minimum Gasteiger partial charge on any atom is -0.324 e. The Kier molecular flexibility index (Phi) is 3.94. The molecule has 1 nitrogen and oxygen atoms in total. The van der Waals surface area contributed by atoms with Crippen molar-refractivity contribution in [3.63, 3.8) is 0 Å². The normalized spacial score (nSPS) is 13.3. The second kappa shape index (κ2) is 4.77. The molecule has 0 spiro atoms. The van der Waals surface area contributed by atoms with Crippen molar-refractivity contribution in [1.82, 2.24) is 0 Å². The maximum atomic E-state index is 6.04. The molecule has 0 saturated heterocycles. The minimum atomic E-state index is 0.164. The number of halogens is 1. The first-order valence-electron chi connectivity index (χ1n) is 4.60. The summed E-state index contributed by atoms with van der Waals surface area (Å²) in [4.78, 5) is 0. The summed E-state index contributed by atoms with van der Waals surface area (Å²) in [6.07, 6.45) is 1.04. The minimum absolute atomic E-state index is 0.164. The van der Waals surface area contributed by atoms with Crippen molar-refractivity contribution in [2.45, 2.75) is 26.3 Å². The molecule has 1 aromatic carbocycles. The molecule has 0 saturated carbocycles. The van der Waals surface area contributed by atoms with Crippen molar-refractivity contribution in [3.8, 4) is 0 Å². The van der Waals surface area contributed by atoms with Gasteiger partial charge in [0.15, 0.2) is 0 Å². The van der Waals surface area contributed by atoms with Crippen LogP contribution in [0.25, 0.3) is 0 Å². The molecule has 1 rings (SSSR count). The summed E-state index contributed by atoms with van der Waals surface area (Å²) >= 11 is 3.44. The van der Waals surface area contributed by atoms with Crippen LogP contribution in [-0.4, -0.2) is 0 Å². The van der Waals surface area contributed by atoms with Crippen LogP contribution in [0.4, 0.5) is 0 Å². The SMILES string of the molecule is CC(C)C[C@@H](N)c1cccc(Br)c1. The van der Waals surface area contributed by atoms with E-state index < -0.39 is 0 Å². The third kappa shape index (κ3) is 3.49. The molecule has 0 unspecified atom stereocenters. The highest BCUT2D eigenvalue weighted by atomic mass is 79.9. The fraction of sp³-hybridized carbons (Fsp3) is 0.455. The van der Waals surface area contributed by atoms with E-state index in [1.165, 1.54) is 5.56 Å². The first-order chi connectivity index (χ1) is 6.09. The Morgan fingerprint density at radius 2 is 2.08 bits per heavy atom. The molecule has 13 heavy (non-hydrogen) atoms. The summed E-state index contributed by atoms with van der Waals surface area (Å²) in [7, 11) is 0. The third-order valence-electron chi connectivity index (χ3n) is 2.00. The van der Waals surface area contributed by atoms with Crippen molar-refractivity contribution in [1.29, 1.82) is 0 Å². The molecular formula is C11H16BrN. The van der Waals surface area contributed by atoms with E-state index in [4.69, 9.17) is 5.73 Å². The zero-order chi connectivity index (χ0) is 9.84. The Labute approximate surface area is 88.5 Å². The van der Waals surface area contributed by atoms with Crippen molar-refractivity contribution < 1.29 is 0 Å². The number of nitrogens with two attached hydrogens (primary N) is 1. The van der Waals surface area contributed by atoms with Crippen molar-refractivity contribution in [3.05, 3.63) is 34.3 Å². The van der Waals surface area contributed by atoms with Gasteiger partial charge in [0.2, 0.25) is 0 Å². The molecule has 2 N–H and O–H groups in total. The van der Waals surface area contributed by atoms with E-state index in [0.717, 1.165) is 10.9 Å². The molecule has 0 aliphatic heterocycles. The van der Waals surface area contributed by atoms with E-state index in [1.807, 2.05) is 12.1 Å². The standard InChI is InChI=1S/C11H16BrN/c1-8(2)6-11(13)9-4-3-5-10(12)7-9/h3-5,7-8,11H,6,13H2,1-2H3/t11-/m1/s1. The van der Waals surface area contributed by atoms with Gasteiger partial charge in [0.1, 0.15) is 0 Å². The fourth-order valence-electron chi connectivity index (χ4n) is 1.38. The van der Waals surface area contributed by atoms with Gasteiger partial charge in [0.25, 0.3) is 0 Å². The average Bonchev–Trinajstić information content (AvgIpc) is 2.03. The van der Waals surface area contributed by atoms with Crippen LogP contribution >= 0.6 is 15.9 Å². The van der Waals surface area contributed by atoms with Crippen molar-refractivity contribution >= 4 is 15.9 Å². The van der Waals surface area contributed by atoms with Crippen LogP contribution in [0.3, 0.4) is 0 Å². The molecule has 1 aromatic rings. The number of hydrogen-bond acceptors (Lipinski definition) is 1. The molecule has 2 heteroatoms. The fourth-order valence-corrected chi connectivity index (χ4v) is 1.80. The van der Waals surface area contributed by atoms with E-state index in [-0.39, 0.29) is 6.04 Å². The van der Waals surface area contributed by atoms with Gasteiger partial charge in [-0.05, 0) is 30.0 Å². The second-order valence-electron chi connectivity index (χ2n) is 3.79. The van der Waals surface area contributed by atoms with Crippen molar-refractivity contribution in [2.24, 2.45) is 11.7 Å². The van der Waals surface area contributed by atoms with Gasteiger partial charge >= 0.3 is 0 Å². The van der Waals surface area contributed by atoms with Crippen LogP contribution in [0.15, 0.2) is 28.7 Å². The highest BCUT2D eigenvalue weighted by Gasteiger charge is 2.07. The maximum Gasteiger partial charge on any atom is 0.0297 e. The van der Waals surface area contributed by atoms with E-state index in [2.05, 4.69) is 41.9 Å². The van der Waals surface area contributed by atoms with Crippen LogP contribution in [0, 0.1) is 5.92 Å². The van der Waals surface area contributed by atoms with Gasteiger partial charge in [-0.1, -0.05) is 41.9 Å². The third-order valence-corrected chi connectivity index (χ3v) is 2.50. The van der Waals surface area contributed by atoms with Crippen LogP contribution < -0.4 is 5.73 Å². The summed E-state index contributed by atoms with van der Waals surface area (Å²) < 4.78 is 1.10. The van der Waals surface area contributed by atoms with Gasteiger partial charge in [-0.25, -0.2) is 0 Å². The second-order valence-corrected chi connectivity index (χ2v) is 4.71. The Hall–Kier alpha value is -0.340. The Balaban J connectivity index is 2.71. The van der Waals surface area contributed by atoms with Gasteiger partial charge in [0, 0.05) is 10.5 Å². The molecule has 0 bridgehead atoms. The summed E-state index contributed by atoms with van der Waals surface area (Å²) in [5.74, 6) is 0.647. The highest BCUT2D eigenvalue weighted by Crippen LogP contribution is 2.21. The summed E-state index contributed by atoms with van der Waals surface area (Å²) in [6, 6.07) is 8.38. The highest BCUT2D eigenvalue weighted by molar-refractivity contribution is 9.10. The van der Waals surface area contributed by atoms with Gasteiger partial charge < -0.3 is 5.73 Å². The predicted molar refractivity (Wildman–Crippen MR) is 60.5 cm³/mol. The zero-order valence-electron chi connectivity index (χ0n) is 8.13. The maximum absolute atomic E-state index is 6.04. The van der Waals surface area contributed by atoms with Gasteiger partial charge in [0.05, 0.1) is 0 Å². The molecule has 0 amide bonds. The van der Waals surface area contributed by atoms with E-state index in [1.54, 1.807) is 0 Å². The number of benzene rings is 1. The van der Waals surface area contributed by atoms with Crippen LogP contribution in [0.1, 0.15) is 31.9 Å². The Bertz CT molecular complexity index is 271. The molecule has 0 radical (unpaired) electrons. The zero-order valence-corrected chi connectivity index (χ0v) is 9.71. The van der Waals surface area contributed by atoms with Gasteiger partial charge in [-0.3, -0.25) is 0 Å². The van der Waals surface area contributed by atoms with E-state index >= 15 is 0 Å². The lowest BCUT2D eigenvalue weighted by Gasteiger charge is -2.14.